The monoisotopic (exact) mass is 297 g/mol. The van der Waals surface area contributed by atoms with E-state index in [0.29, 0.717) is 25.9 Å². The zero-order valence-corrected chi connectivity index (χ0v) is 12.8. The maximum atomic E-state index is 12.1. The number of carbonyl (C=O) groups excluding carboxylic acids is 2. The highest BCUT2D eigenvalue weighted by molar-refractivity contribution is 5.96. The molecule has 1 unspecified atom stereocenters. The molecule has 0 bridgehead atoms. The Labute approximate surface area is 124 Å². The topological polar surface area (TPSA) is 82.4 Å². The van der Waals surface area contributed by atoms with E-state index in [1.54, 1.807) is 4.90 Å². The number of hydrazone groups is 1. The first-order valence-corrected chi connectivity index (χ1v) is 7.26. The molecule has 0 spiro atoms. The normalized spacial score (nSPS) is 22.8. The number of aliphatic hydroxyl groups excluding tert-OH is 1. The molecule has 2 amide bonds. The van der Waals surface area contributed by atoms with Crippen LogP contribution in [0.4, 0.5) is 4.79 Å². The van der Waals surface area contributed by atoms with Gasteiger partial charge in [-0.15, -0.1) is 0 Å². The summed E-state index contributed by atoms with van der Waals surface area (Å²) in [4.78, 5) is 25.6. The van der Waals surface area contributed by atoms with Crippen molar-refractivity contribution < 1.29 is 19.4 Å². The predicted molar refractivity (Wildman–Crippen MR) is 76.8 cm³/mol. The molecular formula is C14H23N3O4. The Morgan fingerprint density at radius 1 is 1.48 bits per heavy atom. The summed E-state index contributed by atoms with van der Waals surface area (Å²) in [6.07, 6.45) is 0.629. The molecule has 2 aliphatic rings. The van der Waals surface area contributed by atoms with Crippen LogP contribution in [0.2, 0.25) is 0 Å². The summed E-state index contributed by atoms with van der Waals surface area (Å²) in [5.41, 5.74) is 0.411. The van der Waals surface area contributed by atoms with Crippen LogP contribution in [0.15, 0.2) is 5.10 Å². The molecule has 0 radical (unpaired) electrons. The Hall–Kier alpha value is -1.63. The van der Waals surface area contributed by atoms with E-state index in [1.165, 1.54) is 5.01 Å². The van der Waals surface area contributed by atoms with Gasteiger partial charge in [0, 0.05) is 37.6 Å². The number of amides is 2. The molecule has 7 heteroatoms. The predicted octanol–water partition coefficient (Wildman–Crippen LogP) is 0.824. The van der Waals surface area contributed by atoms with Crippen molar-refractivity contribution in [3.63, 3.8) is 0 Å². The zero-order valence-electron chi connectivity index (χ0n) is 12.8. The van der Waals surface area contributed by atoms with Crippen molar-refractivity contribution in [2.45, 2.75) is 39.2 Å². The quantitative estimate of drug-likeness (QED) is 0.818. The summed E-state index contributed by atoms with van der Waals surface area (Å²) in [6.45, 7) is 6.63. The number of nitrogens with zero attached hydrogens (tertiary/aromatic N) is 3. The van der Waals surface area contributed by atoms with Gasteiger partial charge >= 0.3 is 6.09 Å². The van der Waals surface area contributed by atoms with Gasteiger partial charge in [0.05, 0.1) is 13.2 Å². The van der Waals surface area contributed by atoms with Crippen LogP contribution in [-0.4, -0.2) is 64.6 Å². The average Bonchev–Trinajstić information content (AvgIpc) is 2.37. The van der Waals surface area contributed by atoms with Gasteiger partial charge in [0.1, 0.15) is 5.60 Å². The van der Waals surface area contributed by atoms with Crippen LogP contribution in [0.5, 0.6) is 0 Å². The fourth-order valence-corrected chi connectivity index (χ4v) is 2.52. The van der Waals surface area contributed by atoms with Crippen molar-refractivity contribution in [2.75, 3.05) is 26.2 Å². The molecule has 2 heterocycles. The SMILES string of the molecule is CC(C)(C)OC(=O)N1CCC2=NN(CCO)C(=O)CC2C1. The zero-order chi connectivity index (χ0) is 15.6. The van der Waals surface area contributed by atoms with Gasteiger partial charge in [-0.2, -0.15) is 5.10 Å². The largest absolute Gasteiger partial charge is 0.444 e. The number of rotatable bonds is 2. The van der Waals surface area contributed by atoms with Crippen molar-refractivity contribution in [2.24, 2.45) is 11.0 Å². The first kappa shape index (κ1) is 15.8. The molecule has 1 N–H and O–H groups in total. The number of likely N-dealkylation sites (tertiary alicyclic amines) is 1. The van der Waals surface area contributed by atoms with Crippen molar-refractivity contribution >= 4 is 17.7 Å². The number of carbonyl (C=O) groups is 2. The Balaban J connectivity index is 2.01. The minimum absolute atomic E-state index is 0.0336. The molecule has 2 aliphatic heterocycles. The summed E-state index contributed by atoms with van der Waals surface area (Å²) in [6, 6.07) is 0. The molecule has 7 nitrogen and oxygen atoms in total. The van der Waals surface area contributed by atoms with Crippen molar-refractivity contribution in [1.82, 2.24) is 9.91 Å². The number of ether oxygens (including phenoxy) is 1. The summed E-state index contributed by atoms with van der Waals surface area (Å²) < 4.78 is 5.36. The van der Waals surface area contributed by atoms with Crippen LogP contribution < -0.4 is 0 Å². The molecule has 2 rings (SSSR count). The lowest BCUT2D eigenvalue weighted by Crippen LogP contribution is -2.50. The van der Waals surface area contributed by atoms with E-state index in [2.05, 4.69) is 5.10 Å². The highest BCUT2D eigenvalue weighted by Gasteiger charge is 2.36. The van der Waals surface area contributed by atoms with E-state index < -0.39 is 5.60 Å². The Morgan fingerprint density at radius 2 is 2.19 bits per heavy atom. The second-order valence-electron chi connectivity index (χ2n) is 6.41. The molecule has 1 fully saturated rings. The van der Waals surface area contributed by atoms with Crippen LogP contribution in [-0.2, 0) is 9.53 Å². The molecule has 0 aromatic heterocycles. The number of hydrogen-bond donors (Lipinski definition) is 1. The Kier molecular flexibility index (Phi) is 4.51. The van der Waals surface area contributed by atoms with Crippen molar-refractivity contribution in [3.05, 3.63) is 0 Å². The first-order chi connectivity index (χ1) is 9.80. The third-order valence-electron chi connectivity index (χ3n) is 3.47. The van der Waals surface area contributed by atoms with Gasteiger partial charge < -0.3 is 14.7 Å². The second kappa shape index (κ2) is 6.01. The molecular weight excluding hydrogens is 274 g/mol. The summed E-state index contributed by atoms with van der Waals surface area (Å²) >= 11 is 0. The van der Waals surface area contributed by atoms with E-state index in [9.17, 15) is 9.59 Å². The minimum Gasteiger partial charge on any atom is -0.444 e. The van der Waals surface area contributed by atoms with Crippen LogP contribution >= 0.6 is 0 Å². The van der Waals surface area contributed by atoms with E-state index in [4.69, 9.17) is 9.84 Å². The Morgan fingerprint density at radius 3 is 2.81 bits per heavy atom. The second-order valence-corrected chi connectivity index (χ2v) is 6.41. The van der Waals surface area contributed by atoms with Crippen LogP contribution in [0, 0.1) is 5.92 Å². The van der Waals surface area contributed by atoms with Crippen LogP contribution in [0.1, 0.15) is 33.6 Å². The molecule has 118 valence electrons. The van der Waals surface area contributed by atoms with Gasteiger partial charge in [0.2, 0.25) is 5.91 Å². The molecule has 1 atom stereocenters. The molecule has 21 heavy (non-hydrogen) atoms. The molecule has 0 aliphatic carbocycles. The minimum atomic E-state index is -0.522. The fraction of sp³-hybridized carbons (Fsp3) is 0.786. The van der Waals surface area contributed by atoms with E-state index >= 15 is 0 Å². The number of piperidine rings is 1. The lowest BCUT2D eigenvalue weighted by molar-refractivity contribution is -0.133. The highest BCUT2D eigenvalue weighted by atomic mass is 16.6. The molecule has 0 aromatic carbocycles. The third-order valence-corrected chi connectivity index (χ3v) is 3.47. The summed E-state index contributed by atoms with van der Waals surface area (Å²) in [5, 5.41) is 14.6. The lowest BCUT2D eigenvalue weighted by atomic mass is 9.91. The third kappa shape index (κ3) is 3.93. The van der Waals surface area contributed by atoms with Crippen LogP contribution in [0.3, 0.4) is 0 Å². The smallest absolute Gasteiger partial charge is 0.410 e. The van der Waals surface area contributed by atoms with Gasteiger partial charge in [-0.3, -0.25) is 4.79 Å². The van der Waals surface area contributed by atoms with Gasteiger partial charge in [0.25, 0.3) is 0 Å². The van der Waals surface area contributed by atoms with Crippen molar-refractivity contribution in [3.8, 4) is 0 Å². The molecule has 0 saturated carbocycles. The molecule has 1 saturated heterocycles. The first-order valence-electron chi connectivity index (χ1n) is 7.26. The standard InChI is InChI=1S/C14H23N3O4/c1-14(2,3)21-13(20)16-5-4-11-10(9-16)8-12(19)17(15-11)6-7-18/h10,18H,4-9H2,1-3H3. The van der Waals surface area contributed by atoms with Gasteiger partial charge in [-0.1, -0.05) is 0 Å². The van der Waals surface area contributed by atoms with Gasteiger partial charge in [0.15, 0.2) is 0 Å². The highest BCUT2D eigenvalue weighted by Crippen LogP contribution is 2.24. The van der Waals surface area contributed by atoms with Gasteiger partial charge in [-0.05, 0) is 20.8 Å². The Bertz CT molecular complexity index is 456. The summed E-state index contributed by atoms with van der Waals surface area (Å²) in [5.74, 6) is -0.141. The number of fused-ring (bicyclic) bond motifs is 1. The maximum absolute atomic E-state index is 12.1. The number of hydrogen-bond acceptors (Lipinski definition) is 5. The van der Waals surface area contributed by atoms with Crippen LogP contribution in [0.25, 0.3) is 0 Å². The molecule has 0 aromatic rings. The van der Waals surface area contributed by atoms with Gasteiger partial charge in [-0.25, -0.2) is 9.80 Å². The fourth-order valence-electron chi connectivity index (χ4n) is 2.52. The average molecular weight is 297 g/mol. The van der Waals surface area contributed by atoms with Crippen molar-refractivity contribution in [1.29, 1.82) is 0 Å². The van der Waals surface area contributed by atoms with E-state index in [1.807, 2.05) is 20.8 Å². The van der Waals surface area contributed by atoms with E-state index in [0.717, 1.165) is 5.71 Å². The number of β-amino-alcohol motifs (C(OH)–C–C–N with tert-alkyl or cyclic N) is 1. The van der Waals surface area contributed by atoms with E-state index in [-0.39, 0.29) is 31.1 Å². The lowest BCUT2D eigenvalue weighted by Gasteiger charge is -2.38. The number of aliphatic hydroxyl groups is 1. The maximum Gasteiger partial charge on any atom is 0.410 e. The summed E-state index contributed by atoms with van der Waals surface area (Å²) in [7, 11) is 0.